The molecule has 2 atom stereocenters. The topological polar surface area (TPSA) is 108 Å². The number of para-hydroxylation sites is 1. The second-order valence-corrected chi connectivity index (χ2v) is 12.1. The first-order valence-electron chi connectivity index (χ1n) is 13.2. The molecule has 39 heavy (non-hydrogen) atoms. The Morgan fingerprint density at radius 2 is 1.67 bits per heavy atom. The van der Waals surface area contributed by atoms with Gasteiger partial charge in [-0.25, -0.2) is 4.79 Å². The fourth-order valence-corrected chi connectivity index (χ4v) is 4.41. The third kappa shape index (κ3) is 8.36. The number of halogens is 1. The molecule has 0 saturated carbocycles. The van der Waals surface area contributed by atoms with Crippen LogP contribution in [0.5, 0.6) is 5.75 Å². The van der Waals surface area contributed by atoms with Crippen molar-refractivity contribution >= 4 is 35.2 Å². The van der Waals surface area contributed by atoms with Gasteiger partial charge in [-0.2, -0.15) is 0 Å². The summed E-state index contributed by atoms with van der Waals surface area (Å²) in [4.78, 5) is 42.7. The molecule has 0 radical (unpaired) electrons. The van der Waals surface area contributed by atoms with E-state index in [1.165, 1.54) is 17.0 Å². The van der Waals surface area contributed by atoms with E-state index in [9.17, 15) is 19.5 Å². The van der Waals surface area contributed by atoms with E-state index in [1.54, 1.807) is 45.0 Å². The van der Waals surface area contributed by atoms with Gasteiger partial charge in [-0.15, -0.1) is 0 Å². The molecule has 0 spiro atoms. The number of amides is 3. The van der Waals surface area contributed by atoms with Crippen molar-refractivity contribution in [2.75, 3.05) is 5.32 Å². The Labute approximate surface area is 237 Å². The van der Waals surface area contributed by atoms with Crippen molar-refractivity contribution in [3.05, 3.63) is 58.6 Å². The Hall–Kier alpha value is -3.26. The molecule has 0 aliphatic carbocycles. The van der Waals surface area contributed by atoms with Gasteiger partial charge in [0.25, 0.3) is 5.91 Å². The predicted octanol–water partition coefficient (Wildman–Crippen LogP) is 6.60. The fourth-order valence-electron chi connectivity index (χ4n) is 4.14. The third-order valence-electron chi connectivity index (χ3n) is 6.52. The third-order valence-corrected chi connectivity index (χ3v) is 6.84. The highest BCUT2D eigenvalue weighted by Crippen LogP contribution is 2.36. The molecule has 0 saturated heterocycles. The van der Waals surface area contributed by atoms with Gasteiger partial charge >= 0.3 is 6.09 Å². The Bertz CT molecular complexity index is 1170. The van der Waals surface area contributed by atoms with Crippen LogP contribution in [0.4, 0.5) is 10.5 Å². The summed E-state index contributed by atoms with van der Waals surface area (Å²) < 4.78 is 5.43. The van der Waals surface area contributed by atoms with Crippen molar-refractivity contribution in [3.8, 4) is 5.75 Å². The molecule has 3 N–H and O–H groups in total. The lowest BCUT2D eigenvalue weighted by Crippen LogP contribution is -2.60. The number of aromatic hydroxyl groups is 1. The summed E-state index contributed by atoms with van der Waals surface area (Å²) in [7, 11) is 0. The Morgan fingerprint density at radius 1 is 1.05 bits per heavy atom. The minimum absolute atomic E-state index is 0.0479. The lowest BCUT2D eigenvalue weighted by Gasteiger charge is -2.45. The molecule has 0 bridgehead atoms. The highest BCUT2D eigenvalue weighted by atomic mass is 35.5. The predicted molar refractivity (Wildman–Crippen MR) is 155 cm³/mol. The number of alkyl carbamates (subject to hydrolysis) is 1. The van der Waals surface area contributed by atoms with Gasteiger partial charge in [-0.05, 0) is 83.2 Å². The van der Waals surface area contributed by atoms with Crippen LogP contribution in [0.25, 0.3) is 0 Å². The number of carbonyl (C=O) groups excluding carboxylic acids is 3. The maximum atomic E-state index is 14.4. The standard InChI is InChI=1S/C30H42ClN3O5/c1-10-30(8,9)34(27(37)23(18(2)3)33-28(38)39-29(5,6)7)25(20-14-12-15-21(35)17-20)26(36)32-24-19(4)13-11-16-22(24)31/h11-18,23,25,35H,10H2,1-9H3,(H,32,36)(H,33,38). The molecular formula is C30H42ClN3O5. The van der Waals surface area contributed by atoms with Crippen LogP contribution in [0.1, 0.15) is 79.0 Å². The van der Waals surface area contributed by atoms with Gasteiger partial charge in [0.05, 0.1) is 10.7 Å². The van der Waals surface area contributed by atoms with E-state index in [0.29, 0.717) is 22.7 Å². The fraction of sp³-hybridized carbons (Fsp3) is 0.500. The molecule has 0 aliphatic rings. The smallest absolute Gasteiger partial charge is 0.408 e. The molecule has 2 aromatic rings. The molecule has 0 fully saturated rings. The quantitative estimate of drug-likeness (QED) is 0.321. The number of hydrogen-bond donors (Lipinski definition) is 3. The maximum Gasteiger partial charge on any atom is 0.408 e. The number of ether oxygens (including phenoxy) is 1. The molecule has 2 aromatic carbocycles. The number of rotatable bonds is 9. The van der Waals surface area contributed by atoms with Crippen LogP contribution >= 0.6 is 11.6 Å². The lowest BCUT2D eigenvalue weighted by molar-refractivity contribution is -0.148. The number of phenols is 1. The zero-order valence-corrected chi connectivity index (χ0v) is 25.1. The summed E-state index contributed by atoms with van der Waals surface area (Å²) in [6.07, 6.45) is -0.224. The molecule has 0 aromatic heterocycles. The SMILES string of the molecule is CCC(C)(C)N(C(=O)C(NC(=O)OC(C)(C)C)C(C)C)C(C(=O)Nc1c(C)cccc1Cl)c1cccc(O)c1. The van der Waals surface area contributed by atoms with Crippen LogP contribution in [0.2, 0.25) is 5.02 Å². The van der Waals surface area contributed by atoms with Gasteiger partial charge in [-0.1, -0.05) is 56.6 Å². The van der Waals surface area contributed by atoms with Crippen molar-refractivity contribution in [1.29, 1.82) is 0 Å². The minimum atomic E-state index is -1.16. The van der Waals surface area contributed by atoms with Gasteiger partial charge in [0.15, 0.2) is 0 Å². The van der Waals surface area contributed by atoms with E-state index in [4.69, 9.17) is 16.3 Å². The van der Waals surface area contributed by atoms with Crippen LogP contribution in [0, 0.1) is 12.8 Å². The number of benzene rings is 2. The Morgan fingerprint density at radius 3 is 2.18 bits per heavy atom. The summed E-state index contributed by atoms with van der Waals surface area (Å²) >= 11 is 6.41. The monoisotopic (exact) mass is 559 g/mol. The molecule has 9 heteroatoms. The summed E-state index contributed by atoms with van der Waals surface area (Å²) in [5.41, 5.74) is 0.0105. The number of carbonyl (C=O) groups is 3. The minimum Gasteiger partial charge on any atom is -0.508 e. The van der Waals surface area contributed by atoms with Crippen LogP contribution in [0.3, 0.4) is 0 Å². The van der Waals surface area contributed by atoms with Gasteiger partial charge in [0, 0.05) is 5.54 Å². The van der Waals surface area contributed by atoms with Crippen LogP contribution in [0.15, 0.2) is 42.5 Å². The Balaban J connectivity index is 2.67. The largest absolute Gasteiger partial charge is 0.508 e. The number of anilines is 1. The van der Waals surface area contributed by atoms with E-state index < -0.39 is 41.1 Å². The van der Waals surface area contributed by atoms with Crippen molar-refractivity contribution in [2.45, 2.75) is 92.0 Å². The van der Waals surface area contributed by atoms with Crippen molar-refractivity contribution in [2.24, 2.45) is 5.92 Å². The zero-order valence-electron chi connectivity index (χ0n) is 24.4. The molecule has 8 nitrogen and oxygen atoms in total. The zero-order chi connectivity index (χ0) is 29.7. The van der Waals surface area contributed by atoms with E-state index in [2.05, 4.69) is 10.6 Å². The summed E-state index contributed by atoms with van der Waals surface area (Å²) in [6, 6.07) is 9.39. The van der Waals surface area contributed by atoms with Gasteiger partial charge in [0.1, 0.15) is 23.4 Å². The maximum absolute atomic E-state index is 14.4. The second kappa shape index (κ2) is 12.7. The van der Waals surface area contributed by atoms with Gasteiger partial charge in [-0.3, -0.25) is 9.59 Å². The second-order valence-electron chi connectivity index (χ2n) is 11.7. The highest BCUT2D eigenvalue weighted by molar-refractivity contribution is 6.34. The highest BCUT2D eigenvalue weighted by Gasteiger charge is 2.44. The van der Waals surface area contributed by atoms with E-state index in [1.807, 2.05) is 47.6 Å². The molecule has 0 heterocycles. The van der Waals surface area contributed by atoms with Gasteiger partial charge < -0.3 is 25.4 Å². The lowest BCUT2D eigenvalue weighted by atomic mass is 9.90. The molecule has 2 unspecified atom stereocenters. The Kier molecular flexibility index (Phi) is 10.4. The average molecular weight is 560 g/mol. The van der Waals surface area contributed by atoms with Crippen LogP contribution in [-0.4, -0.2) is 45.1 Å². The number of phenolic OH excluding ortho intramolecular Hbond substituents is 1. The molecular weight excluding hydrogens is 518 g/mol. The molecule has 0 aliphatic heterocycles. The number of aryl methyl sites for hydroxylation is 1. The van der Waals surface area contributed by atoms with E-state index in [-0.39, 0.29) is 11.7 Å². The van der Waals surface area contributed by atoms with Crippen LogP contribution in [-0.2, 0) is 14.3 Å². The van der Waals surface area contributed by atoms with E-state index >= 15 is 0 Å². The normalized spacial score (nSPS) is 13.4. The number of nitrogens with one attached hydrogen (secondary N) is 2. The van der Waals surface area contributed by atoms with Gasteiger partial charge in [0.2, 0.25) is 5.91 Å². The first-order valence-corrected chi connectivity index (χ1v) is 13.5. The first kappa shape index (κ1) is 32.0. The van der Waals surface area contributed by atoms with Crippen molar-refractivity contribution in [1.82, 2.24) is 10.2 Å². The summed E-state index contributed by atoms with van der Waals surface area (Å²) in [5.74, 6) is -1.33. The van der Waals surface area contributed by atoms with Crippen molar-refractivity contribution in [3.63, 3.8) is 0 Å². The summed E-state index contributed by atoms with van der Waals surface area (Å²) in [6.45, 7) is 16.3. The van der Waals surface area contributed by atoms with Crippen molar-refractivity contribution < 1.29 is 24.2 Å². The van der Waals surface area contributed by atoms with E-state index in [0.717, 1.165) is 5.56 Å². The first-order chi connectivity index (χ1) is 18.0. The number of nitrogens with zero attached hydrogens (tertiary/aromatic N) is 1. The summed E-state index contributed by atoms with van der Waals surface area (Å²) in [5, 5.41) is 16.3. The molecule has 3 amide bonds. The molecule has 214 valence electrons. The average Bonchev–Trinajstić information content (AvgIpc) is 2.81. The molecule has 2 rings (SSSR count). The number of hydrogen-bond acceptors (Lipinski definition) is 5. The van der Waals surface area contributed by atoms with Crippen LogP contribution < -0.4 is 10.6 Å².